The smallest absolute Gasteiger partial charge is 0.224 e. The summed E-state index contributed by atoms with van der Waals surface area (Å²) in [6, 6.07) is 6.68. The van der Waals surface area contributed by atoms with Gasteiger partial charge in [0.15, 0.2) is 9.84 Å². The minimum Gasteiger partial charge on any atom is -0.385 e. The van der Waals surface area contributed by atoms with Crippen molar-refractivity contribution in [2.75, 3.05) is 30.7 Å². The van der Waals surface area contributed by atoms with Crippen molar-refractivity contribution in [1.29, 1.82) is 0 Å². The van der Waals surface area contributed by atoms with Gasteiger partial charge in [0.2, 0.25) is 5.91 Å². The number of hydrogen-bond acceptors (Lipinski definition) is 4. The number of carbonyl (C=O) groups is 1. The highest BCUT2D eigenvalue weighted by Crippen LogP contribution is 2.15. The summed E-state index contributed by atoms with van der Waals surface area (Å²) < 4.78 is 23.4. The van der Waals surface area contributed by atoms with Crippen LogP contribution in [0.3, 0.4) is 0 Å². The Morgan fingerprint density at radius 3 is 2.38 bits per heavy atom. The maximum atomic E-state index is 11.9. The number of rotatable bonds is 6. The standard InChI is InChI=1S/C15H22N2O3S/c1-2-21(19,20)14-7-5-13(6-8-14)16-10-9-15(18)17-11-3-4-12-17/h5-8,16H,2-4,9-12H2,1H3. The molecule has 116 valence electrons. The summed E-state index contributed by atoms with van der Waals surface area (Å²) in [6.45, 7) is 3.95. The van der Waals surface area contributed by atoms with Crippen LogP contribution in [0, 0.1) is 0 Å². The first-order valence-electron chi connectivity index (χ1n) is 7.37. The molecule has 0 atom stereocenters. The Bertz CT molecular complexity index is 575. The van der Waals surface area contributed by atoms with E-state index in [4.69, 9.17) is 0 Å². The van der Waals surface area contributed by atoms with E-state index < -0.39 is 9.84 Å². The lowest BCUT2D eigenvalue weighted by atomic mass is 10.3. The maximum absolute atomic E-state index is 11.9. The molecule has 0 unspecified atom stereocenters. The van der Waals surface area contributed by atoms with Gasteiger partial charge in [0.05, 0.1) is 10.6 Å². The van der Waals surface area contributed by atoms with Gasteiger partial charge < -0.3 is 10.2 Å². The van der Waals surface area contributed by atoms with Gasteiger partial charge in [-0.05, 0) is 37.1 Å². The van der Waals surface area contributed by atoms with Gasteiger partial charge in [-0.3, -0.25) is 4.79 Å². The first-order valence-corrected chi connectivity index (χ1v) is 9.02. The van der Waals surface area contributed by atoms with E-state index in [-0.39, 0.29) is 11.7 Å². The molecule has 0 radical (unpaired) electrons. The topological polar surface area (TPSA) is 66.5 Å². The SMILES string of the molecule is CCS(=O)(=O)c1ccc(NCCC(=O)N2CCCC2)cc1. The summed E-state index contributed by atoms with van der Waals surface area (Å²) >= 11 is 0. The van der Waals surface area contributed by atoms with E-state index in [0.29, 0.717) is 17.9 Å². The first-order chi connectivity index (χ1) is 10.0. The molecule has 1 heterocycles. The number of likely N-dealkylation sites (tertiary alicyclic amines) is 1. The molecule has 0 spiro atoms. The zero-order chi connectivity index (χ0) is 15.3. The number of amides is 1. The Hall–Kier alpha value is -1.56. The fraction of sp³-hybridized carbons (Fsp3) is 0.533. The van der Waals surface area contributed by atoms with Crippen LogP contribution in [0.4, 0.5) is 5.69 Å². The molecule has 1 aliphatic heterocycles. The van der Waals surface area contributed by atoms with Gasteiger partial charge in [0.25, 0.3) is 0 Å². The van der Waals surface area contributed by atoms with Crippen molar-refractivity contribution in [2.45, 2.75) is 31.1 Å². The van der Waals surface area contributed by atoms with Crippen molar-refractivity contribution in [2.24, 2.45) is 0 Å². The molecule has 21 heavy (non-hydrogen) atoms. The second kappa shape index (κ2) is 6.93. The van der Waals surface area contributed by atoms with Crippen LogP contribution in [0.1, 0.15) is 26.2 Å². The number of anilines is 1. The Kier molecular flexibility index (Phi) is 5.22. The van der Waals surface area contributed by atoms with Crippen molar-refractivity contribution < 1.29 is 13.2 Å². The third-order valence-electron chi connectivity index (χ3n) is 3.72. The summed E-state index contributed by atoms with van der Waals surface area (Å²) in [6.07, 6.45) is 2.67. The molecular formula is C15H22N2O3S. The molecule has 5 nitrogen and oxygen atoms in total. The van der Waals surface area contributed by atoms with Crippen LogP contribution in [0.15, 0.2) is 29.2 Å². The van der Waals surface area contributed by atoms with E-state index in [1.807, 2.05) is 4.90 Å². The highest BCUT2D eigenvalue weighted by Gasteiger charge is 2.17. The zero-order valence-electron chi connectivity index (χ0n) is 12.3. The predicted molar refractivity (Wildman–Crippen MR) is 83.1 cm³/mol. The van der Waals surface area contributed by atoms with E-state index in [1.54, 1.807) is 31.2 Å². The van der Waals surface area contributed by atoms with Gasteiger partial charge >= 0.3 is 0 Å². The molecule has 2 rings (SSSR count). The van der Waals surface area contributed by atoms with Crippen LogP contribution < -0.4 is 5.32 Å². The van der Waals surface area contributed by atoms with Gasteiger partial charge in [-0.1, -0.05) is 6.92 Å². The molecule has 0 aliphatic carbocycles. The molecule has 0 bridgehead atoms. The number of sulfone groups is 1. The molecule has 1 aliphatic rings. The van der Waals surface area contributed by atoms with Crippen molar-refractivity contribution in [1.82, 2.24) is 4.90 Å². The lowest BCUT2D eigenvalue weighted by molar-refractivity contribution is -0.129. The van der Waals surface area contributed by atoms with Gasteiger partial charge in [0, 0.05) is 31.7 Å². The van der Waals surface area contributed by atoms with Crippen LogP contribution in [0.25, 0.3) is 0 Å². The molecule has 1 aromatic rings. The summed E-state index contributed by atoms with van der Waals surface area (Å²) in [5.41, 5.74) is 0.833. The average molecular weight is 310 g/mol. The minimum absolute atomic E-state index is 0.101. The predicted octanol–water partition coefficient (Wildman–Crippen LogP) is 1.90. The number of nitrogens with zero attached hydrogens (tertiary/aromatic N) is 1. The van der Waals surface area contributed by atoms with Crippen molar-refractivity contribution >= 4 is 21.4 Å². The van der Waals surface area contributed by atoms with Crippen molar-refractivity contribution in [3.63, 3.8) is 0 Å². The Morgan fingerprint density at radius 1 is 1.19 bits per heavy atom. The third kappa shape index (κ3) is 4.20. The second-order valence-electron chi connectivity index (χ2n) is 5.19. The minimum atomic E-state index is -3.15. The van der Waals surface area contributed by atoms with E-state index in [1.165, 1.54) is 0 Å². The van der Waals surface area contributed by atoms with Crippen LogP contribution in [-0.4, -0.2) is 44.6 Å². The van der Waals surface area contributed by atoms with E-state index >= 15 is 0 Å². The molecule has 1 fully saturated rings. The lowest BCUT2D eigenvalue weighted by Gasteiger charge is -2.15. The number of benzene rings is 1. The number of nitrogens with one attached hydrogen (secondary N) is 1. The second-order valence-corrected chi connectivity index (χ2v) is 7.47. The van der Waals surface area contributed by atoms with Crippen molar-refractivity contribution in [3.8, 4) is 0 Å². The summed E-state index contributed by atoms with van der Waals surface area (Å²) in [5, 5.41) is 3.15. The fourth-order valence-electron chi connectivity index (χ4n) is 2.39. The average Bonchev–Trinajstić information content (AvgIpc) is 3.02. The van der Waals surface area contributed by atoms with E-state index in [0.717, 1.165) is 31.6 Å². The molecule has 0 saturated carbocycles. The first kappa shape index (κ1) is 15.8. The normalized spacial score (nSPS) is 15.2. The monoisotopic (exact) mass is 310 g/mol. The van der Waals surface area contributed by atoms with Crippen LogP contribution >= 0.6 is 0 Å². The molecule has 6 heteroatoms. The Labute approximate surface area is 126 Å². The highest BCUT2D eigenvalue weighted by molar-refractivity contribution is 7.91. The van der Waals surface area contributed by atoms with Gasteiger partial charge in [-0.2, -0.15) is 0 Å². The molecular weight excluding hydrogens is 288 g/mol. The van der Waals surface area contributed by atoms with Crippen LogP contribution in [0.5, 0.6) is 0 Å². The molecule has 1 saturated heterocycles. The molecule has 1 amide bonds. The van der Waals surface area contributed by atoms with Crippen LogP contribution in [-0.2, 0) is 14.6 Å². The van der Waals surface area contributed by atoms with Gasteiger partial charge in [0.1, 0.15) is 0 Å². The van der Waals surface area contributed by atoms with Gasteiger partial charge in [-0.15, -0.1) is 0 Å². The largest absolute Gasteiger partial charge is 0.385 e. The molecule has 0 aromatic heterocycles. The Morgan fingerprint density at radius 2 is 1.81 bits per heavy atom. The maximum Gasteiger partial charge on any atom is 0.224 e. The zero-order valence-corrected chi connectivity index (χ0v) is 13.2. The highest BCUT2D eigenvalue weighted by atomic mass is 32.2. The van der Waals surface area contributed by atoms with E-state index in [2.05, 4.69) is 5.32 Å². The fourth-order valence-corrected chi connectivity index (χ4v) is 3.27. The van der Waals surface area contributed by atoms with Crippen LogP contribution in [0.2, 0.25) is 0 Å². The molecule has 1 N–H and O–H groups in total. The summed E-state index contributed by atoms with van der Waals surface area (Å²) in [5.74, 6) is 0.287. The quantitative estimate of drug-likeness (QED) is 0.871. The van der Waals surface area contributed by atoms with Crippen molar-refractivity contribution in [3.05, 3.63) is 24.3 Å². The van der Waals surface area contributed by atoms with E-state index in [9.17, 15) is 13.2 Å². The van der Waals surface area contributed by atoms with Gasteiger partial charge in [-0.25, -0.2) is 8.42 Å². The third-order valence-corrected chi connectivity index (χ3v) is 5.47. The summed E-state index contributed by atoms with van der Waals surface area (Å²) in [7, 11) is -3.15. The number of hydrogen-bond donors (Lipinski definition) is 1. The molecule has 1 aromatic carbocycles. The number of carbonyl (C=O) groups excluding carboxylic acids is 1. The lowest BCUT2D eigenvalue weighted by Crippen LogP contribution is -2.29. The Balaban J connectivity index is 1.82. The summed E-state index contributed by atoms with van der Waals surface area (Å²) in [4.78, 5) is 14.1.